The van der Waals surface area contributed by atoms with Gasteiger partial charge in [-0.2, -0.15) is 0 Å². The summed E-state index contributed by atoms with van der Waals surface area (Å²) in [6.07, 6.45) is 0. The van der Waals surface area contributed by atoms with Gasteiger partial charge in [-0.05, 0) is 44.1 Å². The Morgan fingerprint density at radius 2 is 1.48 bits per heavy atom. The van der Waals surface area contributed by atoms with Gasteiger partial charge >= 0.3 is 18.9 Å². The van der Waals surface area contributed by atoms with Gasteiger partial charge in [-0.3, -0.25) is 4.79 Å². The summed E-state index contributed by atoms with van der Waals surface area (Å²) >= 11 is 0. The van der Waals surface area contributed by atoms with E-state index in [0.717, 1.165) is 22.2 Å². The predicted molar refractivity (Wildman–Crippen MR) is 127 cm³/mol. The van der Waals surface area contributed by atoms with E-state index in [-0.39, 0.29) is 33.0 Å². The van der Waals surface area contributed by atoms with Gasteiger partial charge in [0.25, 0.3) is 0 Å². The molecule has 7 heteroatoms. The summed E-state index contributed by atoms with van der Waals surface area (Å²) in [6.45, 7) is 2.48. The molecule has 0 aromatic heterocycles. The molecule has 0 spiro atoms. The third-order valence-corrected chi connectivity index (χ3v) is 5.94. The van der Waals surface area contributed by atoms with Crippen molar-refractivity contribution in [2.45, 2.75) is 13.5 Å². The molecule has 158 valence electrons. The second kappa shape index (κ2) is 11.8. The molecular weight excluding hydrogens is 406 g/mol. The normalized spacial score (nSPS) is 10.5. The maximum absolute atomic E-state index is 13.1. The quantitative estimate of drug-likeness (QED) is 0.377. The van der Waals surface area contributed by atoms with Crippen LogP contribution in [-0.2, 0) is 6.61 Å². The number of aryl methyl sites for hydroxylation is 1. The van der Waals surface area contributed by atoms with E-state index >= 15 is 0 Å². The first-order valence-electron chi connectivity index (χ1n) is 9.44. The molecule has 1 unspecified atom stereocenters. The Balaban J connectivity index is 0.00000341. The molecule has 0 saturated heterocycles. The van der Waals surface area contributed by atoms with Crippen molar-refractivity contribution in [3.05, 3.63) is 77.4 Å². The number of ether oxygens (including phenoxy) is 4. The van der Waals surface area contributed by atoms with E-state index in [1.165, 1.54) is 14.2 Å². The fourth-order valence-electron chi connectivity index (χ4n) is 3.02. The minimum absolute atomic E-state index is 0. The Morgan fingerprint density at radius 1 is 0.839 bits per heavy atom. The number of carbonyl (C=O) groups excluding carboxylic acids is 1. The summed E-state index contributed by atoms with van der Waals surface area (Å²) in [5.74, 6) is 2.21. The fraction of sp³-hybridized carbons (Fsp3) is 0.208. The molecule has 0 aliphatic carbocycles. The van der Waals surface area contributed by atoms with Crippen molar-refractivity contribution in [3.8, 4) is 23.0 Å². The third-order valence-electron chi connectivity index (χ3n) is 4.64. The standard InChI is InChI=1S/C24H25O5P.Li.H/c1-16-12-18(29-15-17-8-6-5-7-9-17)10-11-22(16)30-24(25)23-20(27-3)13-19(26-2)14-21(23)28-4;;/h5-14,30H,15H2,1-4H3;;. The van der Waals surface area contributed by atoms with E-state index in [4.69, 9.17) is 18.9 Å². The zero-order valence-corrected chi connectivity index (χ0v) is 18.5. The summed E-state index contributed by atoms with van der Waals surface area (Å²) in [7, 11) is 4.54. The van der Waals surface area contributed by atoms with Crippen LogP contribution in [0.5, 0.6) is 23.0 Å². The summed E-state index contributed by atoms with van der Waals surface area (Å²) < 4.78 is 22.0. The van der Waals surface area contributed by atoms with Gasteiger partial charge in [0.15, 0.2) is 5.52 Å². The van der Waals surface area contributed by atoms with Crippen LogP contribution in [0.25, 0.3) is 0 Å². The van der Waals surface area contributed by atoms with Crippen molar-refractivity contribution in [3.63, 3.8) is 0 Å². The summed E-state index contributed by atoms with van der Waals surface area (Å²) in [4.78, 5) is 13.1. The van der Waals surface area contributed by atoms with Crippen molar-refractivity contribution in [1.29, 1.82) is 0 Å². The molecule has 0 fully saturated rings. The number of hydrogen-bond donors (Lipinski definition) is 0. The van der Waals surface area contributed by atoms with Crippen molar-refractivity contribution < 1.29 is 23.7 Å². The average Bonchev–Trinajstić information content (AvgIpc) is 2.78. The van der Waals surface area contributed by atoms with E-state index in [2.05, 4.69) is 0 Å². The van der Waals surface area contributed by atoms with E-state index in [1.807, 2.05) is 55.5 Å². The summed E-state index contributed by atoms with van der Waals surface area (Å²) in [6, 6.07) is 19.2. The fourth-order valence-corrected chi connectivity index (χ4v) is 4.07. The first-order valence-corrected chi connectivity index (χ1v) is 10.4. The SMILES string of the molecule is COc1cc(OC)c(C(=O)Pc2ccc(OCc3ccccc3)cc2C)c(OC)c1.[LiH]. The number of rotatable bonds is 9. The monoisotopic (exact) mass is 432 g/mol. The molecule has 0 aliphatic rings. The first-order chi connectivity index (χ1) is 14.5. The van der Waals surface area contributed by atoms with E-state index < -0.39 is 0 Å². The van der Waals surface area contributed by atoms with Crippen LogP contribution in [0.3, 0.4) is 0 Å². The zero-order chi connectivity index (χ0) is 21.5. The molecule has 0 bridgehead atoms. The van der Waals surface area contributed by atoms with Gasteiger partial charge in [-0.1, -0.05) is 36.4 Å². The van der Waals surface area contributed by atoms with E-state index in [9.17, 15) is 4.79 Å². The van der Waals surface area contributed by atoms with Gasteiger partial charge in [0.2, 0.25) is 0 Å². The Bertz CT molecular complexity index is 999. The van der Waals surface area contributed by atoms with Crippen LogP contribution in [-0.4, -0.2) is 45.7 Å². The van der Waals surface area contributed by atoms with Crippen LogP contribution in [0.1, 0.15) is 21.5 Å². The Hall–Kier alpha value is -2.44. The molecule has 31 heavy (non-hydrogen) atoms. The minimum atomic E-state index is -0.0732. The molecule has 0 heterocycles. The van der Waals surface area contributed by atoms with Crippen LogP contribution in [0.2, 0.25) is 0 Å². The Kier molecular flexibility index (Phi) is 9.46. The van der Waals surface area contributed by atoms with E-state index in [1.54, 1.807) is 19.2 Å². The summed E-state index contributed by atoms with van der Waals surface area (Å²) in [5, 5.41) is 0.951. The van der Waals surface area contributed by atoms with Crippen molar-refractivity contribution in [2.75, 3.05) is 21.3 Å². The van der Waals surface area contributed by atoms with Crippen molar-refractivity contribution >= 4 is 38.3 Å². The first kappa shape index (κ1) is 24.8. The average molecular weight is 432 g/mol. The van der Waals surface area contributed by atoms with Crippen LogP contribution in [0, 0.1) is 6.92 Å². The molecule has 5 nitrogen and oxygen atoms in total. The van der Waals surface area contributed by atoms with Gasteiger partial charge < -0.3 is 18.9 Å². The molecule has 0 aliphatic heterocycles. The number of carbonyl (C=O) groups is 1. The molecule has 0 N–H and O–H groups in total. The van der Waals surface area contributed by atoms with Gasteiger partial charge in [0.1, 0.15) is 35.2 Å². The van der Waals surface area contributed by atoms with Gasteiger partial charge in [-0.25, -0.2) is 0 Å². The molecule has 0 saturated carbocycles. The Morgan fingerprint density at radius 3 is 2.03 bits per heavy atom. The number of benzene rings is 3. The predicted octanol–water partition coefficient (Wildman–Crippen LogP) is 4.10. The topological polar surface area (TPSA) is 54.0 Å². The van der Waals surface area contributed by atoms with Crippen LogP contribution in [0.15, 0.2) is 60.7 Å². The van der Waals surface area contributed by atoms with Crippen molar-refractivity contribution in [2.24, 2.45) is 0 Å². The molecule has 0 amide bonds. The third kappa shape index (κ3) is 6.28. The number of hydrogen-bond acceptors (Lipinski definition) is 5. The van der Waals surface area contributed by atoms with Crippen LogP contribution in [0.4, 0.5) is 0 Å². The van der Waals surface area contributed by atoms with Crippen LogP contribution >= 0.6 is 8.58 Å². The second-order valence-electron chi connectivity index (χ2n) is 6.61. The Labute approximate surface area is 197 Å². The maximum atomic E-state index is 13.1. The molecule has 3 aromatic carbocycles. The van der Waals surface area contributed by atoms with Gasteiger partial charge in [0.05, 0.1) is 21.3 Å². The summed E-state index contributed by atoms with van der Waals surface area (Å²) in [5.41, 5.74) is 2.46. The van der Waals surface area contributed by atoms with Gasteiger partial charge in [0, 0.05) is 12.1 Å². The molecule has 0 radical (unpaired) electrons. The molecular formula is C24H26LiO5P. The second-order valence-corrected chi connectivity index (χ2v) is 7.85. The molecule has 3 rings (SSSR count). The van der Waals surface area contributed by atoms with Crippen LogP contribution < -0.4 is 24.3 Å². The molecule has 3 aromatic rings. The number of methoxy groups -OCH3 is 3. The van der Waals surface area contributed by atoms with Gasteiger partial charge in [-0.15, -0.1) is 0 Å². The van der Waals surface area contributed by atoms with Crippen molar-refractivity contribution in [1.82, 2.24) is 0 Å². The molecule has 1 atom stereocenters. The zero-order valence-electron chi connectivity index (χ0n) is 17.5. The van der Waals surface area contributed by atoms with E-state index in [0.29, 0.717) is 29.4 Å².